The molecule has 0 saturated carbocycles. The normalized spacial score (nSPS) is 42.4. The average molecular weight is 250 g/mol. The zero-order valence-corrected chi connectivity index (χ0v) is 10.5. The highest BCUT2D eigenvalue weighted by Crippen LogP contribution is 2.52. The molecule has 2 bridgehead atoms. The van der Waals surface area contributed by atoms with Gasteiger partial charge in [-0.15, -0.1) is 0 Å². The summed E-state index contributed by atoms with van der Waals surface area (Å²) in [6.07, 6.45) is 3.97. The number of carboxylic acids is 1. The molecule has 3 aliphatic rings. The van der Waals surface area contributed by atoms with Gasteiger partial charge in [0.25, 0.3) is 0 Å². The smallest absolute Gasteiger partial charge is 0.230 e. The highest BCUT2D eigenvalue weighted by atomic mass is 16.5. The van der Waals surface area contributed by atoms with E-state index in [4.69, 9.17) is 4.74 Å². The number of ether oxygens (including phenoxy) is 1. The summed E-state index contributed by atoms with van der Waals surface area (Å²) in [5, 5.41) is 11.2. The first-order valence-corrected chi connectivity index (χ1v) is 6.38. The minimum Gasteiger partial charge on any atom is -0.550 e. The number of aliphatic carboxylic acids is 1. The highest BCUT2D eigenvalue weighted by Gasteiger charge is 2.65. The largest absolute Gasteiger partial charge is 0.550 e. The molecular formula is C13H16NO4-. The van der Waals surface area contributed by atoms with Gasteiger partial charge >= 0.3 is 0 Å². The van der Waals surface area contributed by atoms with E-state index in [0.717, 1.165) is 6.42 Å². The number of hydrogen-bond acceptors (Lipinski definition) is 4. The van der Waals surface area contributed by atoms with Gasteiger partial charge in [0, 0.05) is 17.9 Å². The Kier molecular flexibility index (Phi) is 2.32. The Balaban J connectivity index is 1.97. The van der Waals surface area contributed by atoms with Gasteiger partial charge in [-0.3, -0.25) is 4.79 Å². The van der Waals surface area contributed by atoms with Crippen LogP contribution in [0.4, 0.5) is 0 Å². The van der Waals surface area contributed by atoms with Crippen LogP contribution < -0.4 is 5.11 Å². The van der Waals surface area contributed by atoms with Gasteiger partial charge in [0.15, 0.2) is 0 Å². The first kappa shape index (κ1) is 11.7. The summed E-state index contributed by atoms with van der Waals surface area (Å²) >= 11 is 0. The van der Waals surface area contributed by atoms with Gasteiger partial charge in [0.05, 0.1) is 18.6 Å². The Morgan fingerprint density at radius 1 is 1.72 bits per heavy atom. The average Bonchev–Trinajstić information content (AvgIpc) is 2.96. The number of nitrogens with zero attached hydrogens (tertiary/aromatic N) is 1. The summed E-state index contributed by atoms with van der Waals surface area (Å²) in [6, 6.07) is 0.107. The van der Waals surface area contributed by atoms with E-state index in [9.17, 15) is 14.7 Å². The van der Waals surface area contributed by atoms with Crippen LogP contribution in [0.25, 0.3) is 0 Å². The van der Waals surface area contributed by atoms with Crippen LogP contribution in [0.2, 0.25) is 0 Å². The fourth-order valence-corrected chi connectivity index (χ4v) is 3.39. The minimum absolute atomic E-state index is 0.106. The molecule has 0 N–H and O–H groups in total. The maximum Gasteiger partial charge on any atom is 0.230 e. The monoisotopic (exact) mass is 250 g/mol. The molecule has 0 aliphatic carbocycles. The van der Waals surface area contributed by atoms with E-state index in [2.05, 4.69) is 0 Å². The molecule has 3 heterocycles. The van der Waals surface area contributed by atoms with Crippen molar-refractivity contribution in [2.75, 3.05) is 6.54 Å². The molecule has 2 saturated heterocycles. The zero-order chi connectivity index (χ0) is 13.1. The van der Waals surface area contributed by atoms with Gasteiger partial charge in [-0.2, -0.15) is 0 Å². The van der Waals surface area contributed by atoms with Crippen molar-refractivity contribution in [1.29, 1.82) is 0 Å². The molecule has 0 unspecified atom stereocenters. The number of carboxylic acid groups (broad SMARTS) is 1. The predicted octanol–water partition coefficient (Wildman–Crippen LogP) is -0.683. The Morgan fingerprint density at radius 3 is 3.06 bits per heavy atom. The number of carbonyl (C=O) groups excluding carboxylic acids is 2. The van der Waals surface area contributed by atoms with E-state index < -0.39 is 29.5 Å². The van der Waals surface area contributed by atoms with Crippen LogP contribution in [0.3, 0.4) is 0 Å². The molecule has 0 radical (unpaired) electrons. The molecule has 98 valence electrons. The van der Waals surface area contributed by atoms with Crippen molar-refractivity contribution in [2.45, 2.75) is 38.0 Å². The van der Waals surface area contributed by atoms with Crippen molar-refractivity contribution in [3.63, 3.8) is 0 Å². The molecule has 2 fully saturated rings. The second-order valence-corrected chi connectivity index (χ2v) is 5.44. The second kappa shape index (κ2) is 3.57. The maximum absolute atomic E-state index is 12.4. The molecule has 5 atom stereocenters. The fourth-order valence-electron chi connectivity index (χ4n) is 3.39. The van der Waals surface area contributed by atoms with Crippen LogP contribution in [0, 0.1) is 11.8 Å². The lowest BCUT2D eigenvalue weighted by atomic mass is 9.77. The number of rotatable bonds is 3. The molecular weight excluding hydrogens is 234 g/mol. The van der Waals surface area contributed by atoms with Gasteiger partial charge in [-0.05, 0) is 13.3 Å². The summed E-state index contributed by atoms with van der Waals surface area (Å²) < 4.78 is 5.76. The van der Waals surface area contributed by atoms with Gasteiger partial charge in [-0.1, -0.05) is 19.1 Å². The third-order valence-electron chi connectivity index (χ3n) is 4.52. The number of likely N-dealkylation sites (tertiary alicyclic amines) is 1. The van der Waals surface area contributed by atoms with E-state index in [1.165, 1.54) is 0 Å². The van der Waals surface area contributed by atoms with Crippen molar-refractivity contribution >= 4 is 11.9 Å². The van der Waals surface area contributed by atoms with Gasteiger partial charge in [0.2, 0.25) is 5.91 Å². The Morgan fingerprint density at radius 2 is 2.44 bits per heavy atom. The van der Waals surface area contributed by atoms with Crippen LogP contribution in [-0.4, -0.2) is 41.1 Å². The SMILES string of the molecule is CC[C@H](C)N1C[C@@]23C=C[C@H](O2)[C@@H](C(=O)[O-])[C@H]3C1=O. The van der Waals surface area contributed by atoms with Crippen molar-refractivity contribution in [3.05, 3.63) is 12.2 Å². The van der Waals surface area contributed by atoms with Crippen LogP contribution in [0.5, 0.6) is 0 Å². The topological polar surface area (TPSA) is 69.7 Å². The Bertz CT molecular complexity index is 446. The lowest BCUT2D eigenvalue weighted by Gasteiger charge is -2.26. The Labute approximate surface area is 105 Å². The quantitative estimate of drug-likeness (QED) is 0.622. The number of hydrogen-bond donors (Lipinski definition) is 0. The van der Waals surface area contributed by atoms with Crippen molar-refractivity contribution < 1.29 is 19.4 Å². The van der Waals surface area contributed by atoms with Crippen LogP contribution in [0.1, 0.15) is 20.3 Å². The summed E-state index contributed by atoms with van der Waals surface area (Å²) in [6.45, 7) is 4.44. The van der Waals surface area contributed by atoms with E-state index in [-0.39, 0.29) is 11.9 Å². The number of carbonyl (C=O) groups is 2. The summed E-state index contributed by atoms with van der Waals surface area (Å²) in [5.41, 5.74) is -0.726. The molecule has 5 heteroatoms. The summed E-state index contributed by atoms with van der Waals surface area (Å²) in [5.74, 6) is -2.73. The highest BCUT2D eigenvalue weighted by molar-refractivity contribution is 5.90. The third-order valence-corrected chi connectivity index (χ3v) is 4.52. The molecule has 3 aliphatic heterocycles. The van der Waals surface area contributed by atoms with E-state index >= 15 is 0 Å². The summed E-state index contributed by atoms with van der Waals surface area (Å²) in [7, 11) is 0. The Hall–Kier alpha value is -1.36. The lowest BCUT2D eigenvalue weighted by molar-refractivity contribution is -0.313. The first-order valence-electron chi connectivity index (χ1n) is 6.38. The van der Waals surface area contributed by atoms with Crippen molar-refractivity contribution in [3.8, 4) is 0 Å². The fraction of sp³-hybridized carbons (Fsp3) is 0.692. The van der Waals surface area contributed by atoms with Crippen molar-refractivity contribution in [1.82, 2.24) is 4.90 Å². The van der Waals surface area contributed by atoms with E-state index in [1.807, 2.05) is 19.9 Å². The predicted molar refractivity (Wildman–Crippen MR) is 60.2 cm³/mol. The molecule has 1 amide bonds. The standard InChI is InChI=1S/C13H17NO4/c1-3-7(2)14-6-13-5-4-8(18-13)9(12(16)17)10(13)11(14)15/h4-5,7-10H,3,6H2,1-2H3,(H,16,17)/p-1/t7-,8-,9+,10-,13+/m0/s1. The minimum atomic E-state index is -1.18. The summed E-state index contributed by atoms with van der Waals surface area (Å²) in [4.78, 5) is 25.4. The maximum atomic E-state index is 12.4. The number of amides is 1. The third kappa shape index (κ3) is 1.25. The lowest BCUT2D eigenvalue weighted by Crippen LogP contribution is -2.45. The molecule has 1 spiro atoms. The molecule has 5 nitrogen and oxygen atoms in total. The first-order chi connectivity index (χ1) is 8.50. The second-order valence-electron chi connectivity index (χ2n) is 5.44. The van der Waals surface area contributed by atoms with Gasteiger partial charge in [0.1, 0.15) is 5.60 Å². The van der Waals surface area contributed by atoms with Gasteiger partial charge in [-0.25, -0.2) is 0 Å². The molecule has 0 aromatic carbocycles. The molecule has 0 aromatic rings. The van der Waals surface area contributed by atoms with E-state index in [1.54, 1.807) is 11.0 Å². The van der Waals surface area contributed by atoms with Crippen LogP contribution >= 0.6 is 0 Å². The zero-order valence-electron chi connectivity index (χ0n) is 10.5. The van der Waals surface area contributed by atoms with E-state index in [0.29, 0.717) is 6.54 Å². The van der Waals surface area contributed by atoms with Gasteiger partial charge < -0.3 is 19.5 Å². The van der Waals surface area contributed by atoms with Crippen LogP contribution in [-0.2, 0) is 14.3 Å². The molecule has 0 aromatic heterocycles. The number of fused-ring (bicyclic) bond motifs is 1. The molecule has 18 heavy (non-hydrogen) atoms. The van der Waals surface area contributed by atoms with Crippen LogP contribution in [0.15, 0.2) is 12.2 Å². The molecule has 3 rings (SSSR count). The van der Waals surface area contributed by atoms with Crippen molar-refractivity contribution in [2.24, 2.45) is 11.8 Å².